The molecule has 9 heteroatoms. The highest BCUT2D eigenvalue weighted by molar-refractivity contribution is 8.00. The fourth-order valence-corrected chi connectivity index (χ4v) is 4.09. The van der Waals surface area contributed by atoms with Crippen LogP contribution in [0.25, 0.3) is 0 Å². The van der Waals surface area contributed by atoms with E-state index in [2.05, 4.69) is 15.3 Å². The number of ether oxygens (including phenoxy) is 1. The summed E-state index contributed by atoms with van der Waals surface area (Å²) in [5.74, 6) is 0.295. The van der Waals surface area contributed by atoms with E-state index in [9.17, 15) is 9.90 Å². The molecule has 29 heavy (non-hydrogen) atoms. The van der Waals surface area contributed by atoms with E-state index in [4.69, 9.17) is 16.3 Å². The minimum atomic E-state index is -0.887. The Morgan fingerprint density at radius 2 is 1.90 bits per heavy atom. The molecule has 1 atom stereocenters. The maximum atomic E-state index is 11.4. The Labute approximate surface area is 176 Å². The van der Waals surface area contributed by atoms with Crippen molar-refractivity contribution in [1.82, 2.24) is 14.9 Å². The van der Waals surface area contributed by atoms with Crippen LogP contribution in [-0.2, 0) is 11.4 Å². The topological polar surface area (TPSA) is 89.6 Å². The first kappa shape index (κ1) is 19.5. The van der Waals surface area contributed by atoms with Gasteiger partial charge in [0.15, 0.2) is 5.82 Å². The second kappa shape index (κ2) is 8.26. The molecule has 0 unspecified atom stereocenters. The van der Waals surface area contributed by atoms with Gasteiger partial charge in [0.25, 0.3) is 0 Å². The molecule has 1 aromatic heterocycles. The van der Waals surface area contributed by atoms with Crippen LogP contribution < -0.4 is 4.74 Å². The Hall–Kier alpha value is -2.84. The summed E-state index contributed by atoms with van der Waals surface area (Å²) in [7, 11) is 0. The first-order valence-corrected chi connectivity index (χ1v) is 10.1. The van der Waals surface area contributed by atoms with E-state index < -0.39 is 5.97 Å². The minimum Gasteiger partial charge on any atom is -0.486 e. The number of carboxylic acid groups (broad SMARTS) is 1. The van der Waals surface area contributed by atoms with Crippen LogP contribution in [0.2, 0.25) is 5.02 Å². The van der Waals surface area contributed by atoms with Crippen molar-refractivity contribution in [3.8, 4) is 5.75 Å². The molecule has 0 saturated heterocycles. The van der Waals surface area contributed by atoms with Crippen molar-refractivity contribution in [2.24, 2.45) is 5.10 Å². The van der Waals surface area contributed by atoms with E-state index in [1.807, 2.05) is 31.2 Å². The Morgan fingerprint density at radius 3 is 2.59 bits per heavy atom. The second-order valence-corrected chi connectivity index (χ2v) is 8.12. The van der Waals surface area contributed by atoms with Gasteiger partial charge in [-0.15, -0.1) is 10.2 Å². The van der Waals surface area contributed by atoms with Gasteiger partial charge in [0.1, 0.15) is 12.4 Å². The first-order valence-electron chi connectivity index (χ1n) is 8.86. The van der Waals surface area contributed by atoms with Gasteiger partial charge in [-0.25, -0.2) is 0 Å². The fraction of sp³-hybridized carbons (Fsp3) is 0.200. The molecule has 0 aliphatic carbocycles. The average Bonchev–Trinajstić information content (AvgIpc) is 3.09. The maximum absolute atomic E-state index is 11.4. The summed E-state index contributed by atoms with van der Waals surface area (Å²) in [5, 5.41) is 23.2. The summed E-state index contributed by atoms with van der Waals surface area (Å²) in [6.07, 6.45) is -0.0547. The Morgan fingerprint density at radius 1 is 1.17 bits per heavy atom. The van der Waals surface area contributed by atoms with Crippen molar-refractivity contribution >= 4 is 35.0 Å². The van der Waals surface area contributed by atoms with Gasteiger partial charge in [-0.2, -0.15) is 9.78 Å². The zero-order valence-corrected chi connectivity index (χ0v) is 17.0. The molecule has 1 aliphatic heterocycles. The van der Waals surface area contributed by atoms with Gasteiger partial charge < -0.3 is 9.84 Å². The van der Waals surface area contributed by atoms with E-state index in [0.29, 0.717) is 27.5 Å². The number of aryl methyl sites for hydroxylation is 1. The summed E-state index contributed by atoms with van der Waals surface area (Å²) in [4.78, 5) is 11.4. The highest BCUT2D eigenvalue weighted by Gasteiger charge is 2.30. The quantitative estimate of drug-likeness (QED) is 0.637. The number of carboxylic acids is 1. The molecule has 1 N–H and O–H groups in total. The lowest BCUT2D eigenvalue weighted by Gasteiger charge is -2.22. The predicted molar refractivity (Wildman–Crippen MR) is 111 cm³/mol. The van der Waals surface area contributed by atoms with E-state index >= 15 is 0 Å². The number of fused-ring (bicyclic) bond motifs is 1. The molecule has 1 aliphatic rings. The third kappa shape index (κ3) is 4.44. The second-order valence-electron chi connectivity index (χ2n) is 6.51. The predicted octanol–water partition coefficient (Wildman–Crippen LogP) is 4.02. The molecule has 4 rings (SSSR count). The summed E-state index contributed by atoms with van der Waals surface area (Å²) < 4.78 is 7.38. The number of benzene rings is 2. The number of hydrogen-bond acceptors (Lipinski definition) is 6. The molecule has 2 aromatic carbocycles. The number of nitrogens with zero attached hydrogens (tertiary/aromatic N) is 4. The van der Waals surface area contributed by atoms with Crippen molar-refractivity contribution < 1.29 is 14.6 Å². The third-order valence-electron chi connectivity index (χ3n) is 4.33. The van der Waals surface area contributed by atoms with Gasteiger partial charge in [0.2, 0.25) is 5.16 Å². The average molecular weight is 429 g/mol. The Kier molecular flexibility index (Phi) is 5.55. The van der Waals surface area contributed by atoms with Crippen LogP contribution in [-0.4, -0.2) is 36.9 Å². The van der Waals surface area contributed by atoms with E-state index in [0.717, 1.165) is 11.1 Å². The van der Waals surface area contributed by atoms with Crippen LogP contribution in [0, 0.1) is 6.92 Å². The standard InChI is InChI=1S/C20H17ClN4O3S/c1-12-2-4-13(5-3-12)19-16(10-18(26)27)29-20-23-22-17(25(20)24-19)11-28-15-8-6-14(21)7-9-15/h2-9,16H,10-11H2,1H3,(H,26,27)/t16-/m0/s1. The number of thioether (sulfide) groups is 1. The zero-order chi connectivity index (χ0) is 20.4. The molecule has 7 nitrogen and oxygen atoms in total. The van der Waals surface area contributed by atoms with Crippen LogP contribution in [0.1, 0.15) is 23.4 Å². The van der Waals surface area contributed by atoms with Gasteiger partial charge in [-0.3, -0.25) is 4.79 Å². The van der Waals surface area contributed by atoms with Crippen LogP contribution in [0.3, 0.4) is 0 Å². The van der Waals surface area contributed by atoms with Gasteiger partial charge in [0, 0.05) is 5.02 Å². The van der Waals surface area contributed by atoms with Gasteiger partial charge in [-0.1, -0.05) is 53.2 Å². The molecule has 0 radical (unpaired) electrons. The minimum absolute atomic E-state index is 0.0547. The summed E-state index contributed by atoms with van der Waals surface area (Å²) in [5.41, 5.74) is 2.67. The number of aliphatic carboxylic acids is 1. The van der Waals surface area contributed by atoms with Gasteiger partial charge >= 0.3 is 5.97 Å². The van der Waals surface area contributed by atoms with Gasteiger partial charge in [0.05, 0.1) is 17.4 Å². The number of rotatable bonds is 6. The van der Waals surface area contributed by atoms with Crippen molar-refractivity contribution in [1.29, 1.82) is 0 Å². The SMILES string of the molecule is Cc1ccc(C2=Nn3c(COc4ccc(Cl)cc4)nnc3S[C@H]2CC(=O)O)cc1. The zero-order valence-electron chi connectivity index (χ0n) is 15.4. The number of hydrogen-bond donors (Lipinski definition) is 1. The van der Waals surface area contributed by atoms with Gasteiger partial charge in [-0.05, 0) is 36.8 Å². The van der Waals surface area contributed by atoms with Crippen molar-refractivity contribution in [3.05, 3.63) is 70.5 Å². The van der Waals surface area contributed by atoms with Crippen LogP contribution in [0.15, 0.2) is 58.8 Å². The molecular weight excluding hydrogens is 412 g/mol. The first-order chi connectivity index (χ1) is 14.0. The van der Waals surface area contributed by atoms with Crippen molar-refractivity contribution in [2.45, 2.75) is 30.4 Å². The monoisotopic (exact) mass is 428 g/mol. The van der Waals surface area contributed by atoms with Crippen molar-refractivity contribution in [2.75, 3.05) is 0 Å². The third-order valence-corrected chi connectivity index (χ3v) is 5.72. The molecule has 0 spiro atoms. The van der Waals surface area contributed by atoms with Crippen LogP contribution in [0.5, 0.6) is 5.75 Å². The molecular formula is C20H17ClN4O3S. The molecule has 0 bridgehead atoms. The number of aromatic nitrogens is 3. The molecule has 0 fully saturated rings. The summed E-state index contributed by atoms with van der Waals surface area (Å²) >= 11 is 7.24. The van der Waals surface area contributed by atoms with Crippen molar-refractivity contribution in [3.63, 3.8) is 0 Å². The highest BCUT2D eigenvalue weighted by Crippen LogP contribution is 2.32. The lowest BCUT2D eigenvalue weighted by atomic mass is 10.0. The fourth-order valence-electron chi connectivity index (χ4n) is 2.86. The summed E-state index contributed by atoms with van der Waals surface area (Å²) in [6, 6.07) is 14.9. The lowest BCUT2D eigenvalue weighted by molar-refractivity contribution is -0.136. The van der Waals surface area contributed by atoms with Crippen LogP contribution >= 0.6 is 23.4 Å². The Balaban J connectivity index is 1.63. The number of carbonyl (C=O) groups is 1. The van der Waals surface area contributed by atoms with E-state index in [1.165, 1.54) is 11.8 Å². The molecule has 3 aromatic rings. The molecule has 0 saturated carbocycles. The normalized spacial score (nSPS) is 15.5. The maximum Gasteiger partial charge on any atom is 0.304 e. The molecule has 0 amide bonds. The molecule has 148 valence electrons. The molecule has 2 heterocycles. The number of halogens is 1. The van der Waals surface area contributed by atoms with E-state index in [1.54, 1.807) is 28.9 Å². The summed E-state index contributed by atoms with van der Waals surface area (Å²) in [6.45, 7) is 2.17. The largest absolute Gasteiger partial charge is 0.486 e. The highest BCUT2D eigenvalue weighted by atomic mass is 35.5. The lowest BCUT2D eigenvalue weighted by Crippen LogP contribution is -2.27. The Bertz CT molecular complexity index is 1060. The smallest absolute Gasteiger partial charge is 0.304 e. The van der Waals surface area contributed by atoms with E-state index in [-0.39, 0.29) is 18.3 Å². The van der Waals surface area contributed by atoms with Crippen LogP contribution in [0.4, 0.5) is 0 Å².